The summed E-state index contributed by atoms with van der Waals surface area (Å²) in [6.07, 6.45) is 1.79. The number of ether oxygens (including phenoxy) is 1. The van der Waals surface area contributed by atoms with Crippen LogP contribution >= 0.6 is 11.3 Å². The van der Waals surface area contributed by atoms with Crippen molar-refractivity contribution < 1.29 is 9.15 Å². The summed E-state index contributed by atoms with van der Waals surface area (Å²) in [7, 11) is 1.70. The van der Waals surface area contributed by atoms with Gasteiger partial charge in [-0.05, 0) is 12.6 Å². The number of nitrogens with one attached hydrogen (secondary N) is 1. The Balaban J connectivity index is 2.01. The first-order valence-corrected chi connectivity index (χ1v) is 7.80. The van der Waals surface area contributed by atoms with Gasteiger partial charge in [-0.15, -0.1) is 11.3 Å². The van der Waals surface area contributed by atoms with Gasteiger partial charge in [0.25, 0.3) is 0 Å². The van der Waals surface area contributed by atoms with Gasteiger partial charge < -0.3 is 14.5 Å². The number of benzene rings is 1. The molecule has 0 saturated carbocycles. The van der Waals surface area contributed by atoms with Crippen molar-refractivity contribution in [3.05, 3.63) is 41.1 Å². The lowest BCUT2D eigenvalue weighted by atomic mass is 10.2. The van der Waals surface area contributed by atoms with Crippen LogP contribution in [-0.2, 0) is 17.9 Å². The van der Waals surface area contributed by atoms with E-state index in [0.29, 0.717) is 6.61 Å². The topological polar surface area (TPSA) is 47.3 Å². The van der Waals surface area contributed by atoms with E-state index in [9.17, 15) is 0 Å². The van der Waals surface area contributed by atoms with E-state index in [2.05, 4.69) is 18.3 Å². The van der Waals surface area contributed by atoms with E-state index in [1.165, 1.54) is 4.88 Å². The highest BCUT2D eigenvalue weighted by Gasteiger charge is 2.15. The van der Waals surface area contributed by atoms with Crippen LogP contribution in [0.4, 0.5) is 0 Å². The monoisotopic (exact) mass is 302 g/mol. The van der Waals surface area contributed by atoms with Gasteiger partial charge >= 0.3 is 0 Å². The molecule has 0 unspecified atom stereocenters. The molecule has 5 heteroatoms. The lowest BCUT2D eigenvalue weighted by Gasteiger charge is -2.00. The molecule has 0 amide bonds. The predicted molar refractivity (Wildman–Crippen MR) is 85.4 cm³/mol. The Kier molecular flexibility index (Phi) is 4.34. The van der Waals surface area contributed by atoms with Crippen LogP contribution in [0.3, 0.4) is 0 Å². The van der Waals surface area contributed by atoms with Crippen molar-refractivity contribution in [1.82, 2.24) is 10.3 Å². The van der Waals surface area contributed by atoms with Crippen LogP contribution in [0, 0.1) is 0 Å². The Morgan fingerprint density at radius 2 is 2.19 bits per heavy atom. The largest absolute Gasteiger partial charge is 0.464 e. The molecule has 0 aliphatic rings. The zero-order chi connectivity index (χ0) is 14.7. The highest BCUT2D eigenvalue weighted by atomic mass is 32.1. The van der Waals surface area contributed by atoms with Crippen LogP contribution in [0.15, 0.2) is 34.9 Å². The lowest BCUT2D eigenvalue weighted by Crippen LogP contribution is -2.12. The van der Waals surface area contributed by atoms with E-state index < -0.39 is 0 Å². The number of hydrogen-bond donors (Lipinski definition) is 1. The van der Waals surface area contributed by atoms with Gasteiger partial charge in [-0.2, -0.15) is 0 Å². The van der Waals surface area contributed by atoms with Gasteiger partial charge in [0.05, 0.1) is 17.9 Å². The van der Waals surface area contributed by atoms with Gasteiger partial charge in [0.15, 0.2) is 0 Å². The average molecular weight is 302 g/mol. The molecule has 1 N–H and O–H groups in total. The van der Waals surface area contributed by atoms with Gasteiger partial charge in [-0.3, -0.25) is 0 Å². The number of methoxy groups -OCH3 is 1. The SMILES string of the molecule is CCNCc1sc(-c2coc3ccccc23)nc1COC. The first kappa shape index (κ1) is 14.3. The fraction of sp³-hybridized carbons (Fsp3) is 0.312. The molecular formula is C16H18N2O2S. The molecule has 0 fully saturated rings. The van der Waals surface area contributed by atoms with E-state index >= 15 is 0 Å². The number of thiazole rings is 1. The number of rotatable bonds is 6. The Bertz CT molecular complexity index is 733. The third kappa shape index (κ3) is 2.85. The van der Waals surface area contributed by atoms with Gasteiger partial charge in [0.1, 0.15) is 16.9 Å². The van der Waals surface area contributed by atoms with Crippen molar-refractivity contribution in [2.75, 3.05) is 13.7 Å². The van der Waals surface area contributed by atoms with Crippen LogP contribution in [0.25, 0.3) is 21.5 Å². The quantitative estimate of drug-likeness (QED) is 0.752. The second-order valence-electron chi connectivity index (χ2n) is 4.75. The highest BCUT2D eigenvalue weighted by molar-refractivity contribution is 7.15. The summed E-state index contributed by atoms with van der Waals surface area (Å²) in [6, 6.07) is 8.03. The number of fused-ring (bicyclic) bond motifs is 1. The molecule has 0 saturated heterocycles. The summed E-state index contributed by atoms with van der Waals surface area (Å²) >= 11 is 1.70. The van der Waals surface area contributed by atoms with Gasteiger partial charge in [0, 0.05) is 23.9 Å². The molecule has 0 radical (unpaired) electrons. The van der Waals surface area contributed by atoms with Crippen molar-refractivity contribution in [2.45, 2.75) is 20.1 Å². The minimum Gasteiger partial charge on any atom is -0.464 e. The normalized spacial score (nSPS) is 11.3. The summed E-state index contributed by atoms with van der Waals surface area (Å²) in [4.78, 5) is 5.96. The van der Waals surface area contributed by atoms with Gasteiger partial charge in [-0.1, -0.05) is 25.1 Å². The minimum absolute atomic E-state index is 0.535. The van der Waals surface area contributed by atoms with E-state index in [-0.39, 0.29) is 0 Å². The van der Waals surface area contributed by atoms with Crippen molar-refractivity contribution in [1.29, 1.82) is 0 Å². The molecule has 0 bridgehead atoms. The maximum atomic E-state index is 5.61. The summed E-state index contributed by atoms with van der Waals surface area (Å²) in [5, 5.41) is 5.44. The molecule has 3 rings (SSSR count). The highest BCUT2D eigenvalue weighted by Crippen LogP contribution is 2.34. The number of para-hydroxylation sites is 1. The Morgan fingerprint density at radius 1 is 1.33 bits per heavy atom. The van der Waals surface area contributed by atoms with E-state index in [4.69, 9.17) is 14.1 Å². The molecule has 110 valence electrons. The van der Waals surface area contributed by atoms with E-state index in [1.54, 1.807) is 24.7 Å². The van der Waals surface area contributed by atoms with Gasteiger partial charge in [-0.25, -0.2) is 4.98 Å². The Labute approximate surface area is 127 Å². The number of nitrogens with zero attached hydrogens (tertiary/aromatic N) is 1. The standard InChI is InChI=1S/C16H18N2O2S/c1-3-17-8-15-13(10-19-2)18-16(21-15)12-9-20-14-7-5-4-6-11(12)14/h4-7,9,17H,3,8,10H2,1-2H3. The van der Waals surface area contributed by atoms with Crippen LogP contribution in [0.1, 0.15) is 17.5 Å². The third-order valence-corrected chi connectivity index (χ3v) is 4.44. The van der Waals surface area contributed by atoms with Crippen LogP contribution in [0.2, 0.25) is 0 Å². The molecular weight excluding hydrogens is 284 g/mol. The fourth-order valence-electron chi connectivity index (χ4n) is 2.27. The fourth-order valence-corrected chi connectivity index (χ4v) is 3.32. The maximum Gasteiger partial charge on any atom is 0.134 e. The molecule has 0 aliphatic carbocycles. The first-order valence-electron chi connectivity index (χ1n) is 6.98. The molecule has 0 atom stereocenters. The molecule has 2 aromatic heterocycles. The average Bonchev–Trinajstić information content (AvgIpc) is 3.09. The van der Waals surface area contributed by atoms with Crippen LogP contribution < -0.4 is 5.32 Å². The summed E-state index contributed by atoms with van der Waals surface area (Å²) in [5.41, 5.74) is 2.95. The molecule has 4 nitrogen and oxygen atoms in total. The number of hydrogen-bond acceptors (Lipinski definition) is 5. The van der Waals surface area contributed by atoms with Crippen molar-refractivity contribution in [2.24, 2.45) is 0 Å². The van der Waals surface area contributed by atoms with Crippen molar-refractivity contribution in [3.8, 4) is 10.6 Å². The second-order valence-corrected chi connectivity index (χ2v) is 5.83. The van der Waals surface area contributed by atoms with Crippen molar-refractivity contribution in [3.63, 3.8) is 0 Å². The smallest absolute Gasteiger partial charge is 0.134 e. The van der Waals surface area contributed by atoms with E-state index in [1.807, 2.05) is 18.2 Å². The van der Waals surface area contributed by atoms with Gasteiger partial charge in [0.2, 0.25) is 0 Å². The Hall–Kier alpha value is -1.69. The summed E-state index contributed by atoms with van der Waals surface area (Å²) in [6.45, 7) is 4.39. The van der Waals surface area contributed by atoms with Crippen LogP contribution in [0.5, 0.6) is 0 Å². The summed E-state index contributed by atoms with van der Waals surface area (Å²) < 4.78 is 10.9. The second kappa shape index (κ2) is 6.39. The maximum absolute atomic E-state index is 5.61. The van der Waals surface area contributed by atoms with Crippen molar-refractivity contribution >= 4 is 22.3 Å². The predicted octanol–water partition coefficient (Wildman–Crippen LogP) is 3.81. The zero-order valence-corrected chi connectivity index (χ0v) is 13.0. The summed E-state index contributed by atoms with van der Waals surface area (Å²) in [5.74, 6) is 0. The third-order valence-electron chi connectivity index (χ3n) is 3.31. The minimum atomic E-state index is 0.535. The zero-order valence-electron chi connectivity index (χ0n) is 12.2. The number of furan rings is 1. The molecule has 3 aromatic rings. The molecule has 0 spiro atoms. The first-order chi connectivity index (χ1) is 10.3. The molecule has 0 aliphatic heterocycles. The van der Waals surface area contributed by atoms with Crippen LogP contribution in [-0.4, -0.2) is 18.6 Å². The lowest BCUT2D eigenvalue weighted by molar-refractivity contribution is 0.181. The van der Waals surface area contributed by atoms with E-state index in [0.717, 1.165) is 40.3 Å². The Morgan fingerprint density at radius 3 is 3.00 bits per heavy atom. The molecule has 1 aromatic carbocycles. The molecule has 21 heavy (non-hydrogen) atoms. The number of aromatic nitrogens is 1. The molecule has 2 heterocycles.